The van der Waals surface area contributed by atoms with E-state index < -0.39 is 0 Å². The van der Waals surface area contributed by atoms with E-state index in [1.165, 1.54) is 0 Å². The van der Waals surface area contributed by atoms with E-state index in [0.29, 0.717) is 28.9 Å². The van der Waals surface area contributed by atoms with Gasteiger partial charge in [-0.1, -0.05) is 6.07 Å². The molecule has 190 valence electrons. The Morgan fingerprint density at radius 3 is 2.81 bits per heavy atom. The second-order valence-corrected chi connectivity index (χ2v) is 9.99. The van der Waals surface area contributed by atoms with Crippen molar-refractivity contribution in [3.63, 3.8) is 0 Å². The van der Waals surface area contributed by atoms with Gasteiger partial charge in [-0.3, -0.25) is 14.6 Å². The number of nitrogens with zero attached hydrogens (tertiary/aromatic N) is 7. The molecule has 1 unspecified atom stereocenters. The zero-order valence-corrected chi connectivity index (χ0v) is 21.2. The van der Waals surface area contributed by atoms with Crippen molar-refractivity contribution < 1.29 is 9.47 Å². The lowest BCUT2D eigenvalue weighted by molar-refractivity contribution is -0.0638. The molecule has 4 aromatic heterocycles. The number of fused-ring (bicyclic) bond motifs is 1. The molecule has 2 aliphatic heterocycles. The first-order valence-electron chi connectivity index (χ1n) is 13.0. The molecule has 6 rings (SSSR count). The fourth-order valence-electron chi connectivity index (χ4n) is 5.39. The minimum Gasteiger partial charge on any atom is -0.482 e. The third-order valence-corrected chi connectivity index (χ3v) is 7.58. The van der Waals surface area contributed by atoms with Crippen molar-refractivity contribution in [3.8, 4) is 22.9 Å². The van der Waals surface area contributed by atoms with Gasteiger partial charge in [0.25, 0.3) is 0 Å². The van der Waals surface area contributed by atoms with Gasteiger partial charge < -0.3 is 9.47 Å². The van der Waals surface area contributed by atoms with Crippen LogP contribution in [0.25, 0.3) is 16.6 Å². The molecule has 0 N–H and O–H groups in total. The average Bonchev–Trinajstić information content (AvgIpc) is 3.40. The maximum atomic E-state index is 9.68. The Morgan fingerprint density at radius 1 is 1.16 bits per heavy atom. The van der Waals surface area contributed by atoms with Crippen LogP contribution in [0.5, 0.6) is 5.75 Å². The highest BCUT2D eigenvalue weighted by Gasteiger charge is 2.29. The molecular weight excluding hydrogens is 466 g/mol. The zero-order valence-electron chi connectivity index (χ0n) is 21.2. The van der Waals surface area contributed by atoms with E-state index in [1.54, 1.807) is 16.9 Å². The van der Waals surface area contributed by atoms with Gasteiger partial charge in [0, 0.05) is 36.3 Å². The average molecular weight is 498 g/mol. The van der Waals surface area contributed by atoms with Crippen LogP contribution in [0.15, 0.2) is 49.1 Å². The summed E-state index contributed by atoms with van der Waals surface area (Å²) < 4.78 is 15.7. The number of pyridine rings is 2. The summed E-state index contributed by atoms with van der Waals surface area (Å²) in [5, 5.41) is 19.1. The van der Waals surface area contributed by atoms with Crippen LogP contribution in [0.1, 0.15) is 55.3 Å². The fraction of sp³-hybridized carbons (Fsp3) is 0.429. The van der Waals surface area contributed by atoms with Gasteiger partial charge in [0.1, 0.15) is 29.0 Å². The minimum atomic E-state index is -0.291. The quantitative estimate of drug-likeness (QED) is 0.391. The summed E-state index contributed by atoms with van der Waals surface area (Å²) in [5.74, 6) is 0.602. The van der Waals surface area contributed by atoms with E-state index in [4.69, 9.17) is 14.6 Å². The van der Waals surface area contributed by atoms with Gasteiger partial charge in [-0.2, -0.15) is 15.5 Å². The molecule has 4 aromatic rings. The van der Waals surface area contributed by atoms with Gasteiger partial charge in [-0.05, 0) is 57.9 Å². The highest BCUT2D eigenvalue weighted by atomic mass is 16.5. The van der Waals surface area contributed by atoms with Crippen LogP contribution in [0, 0.1) is 18.3 Å². The van der Waals surface area contributed by atoms with Crippen LogP contribution in [-0.2, 0) is 4.74 Å². The predicted molar refractivity (Wildman–Crippen MR) is 138 cm³/mol. The summed E-state index contributed by atoms with van der Waals surface area (Å²) in [6.45, 7) is 7.94. The number of aromatic nitrogens is 5. The Bertz CT molecular complexity index is 1430. The Hall–Kier alpha value is -3.74. The molecule has 0 radical (unpaired) electrons. The predicted octanol–water partition coefficient (Wildman–Crippen LogP) is 4.34. The lowest BCUT2D eigenvalue weighted by atomic mass is 10.1. The molecule has 2 aliphatic rings. The minimum absolute atomic E-state index is 0.291. The molecule has 9 nitrogen and oxygen atoms in total. The van der Waals surface area contributed by atoms with Gasteiger partial charge in [0.2, 0.25) is 0 Å². The topological polar surface area (TPSA) is 93.5 Å². The first-order chi connectivity index (χ1) is 18.1. The summed E-state index contributed by atoms with van der Waals surface area (Å²) in [7, 11) is 0. The largest absolute Gasteiger partial charge is 0.482 e. The maximum absolute atomic E-state index is 9.68. The van der Waals surface area contributed by atoms with Crippen LogP contribution in [-0.4, -0.2) is 61.6 Å². The van der Waals surface area contributed by atoms with Crippen LogP contribution in [0.2, 0.25) is 0 Å². The Labute approximate surface area is 216 Å². The Kier molecular flexibility index (Phi) is 6.37. The van der Waals surface area contributed by atoms with Crippen molar-refractivity contribution in [1.82, 2.24) is 29.3 Å². The second-order valence-electron chi connectivity index (χ2n) is 9.99. The van der Waals surface area contributed by atoms with E-state index in [-0.39, 0.29) is 6.10 Å². The lowest BCUT2D eigenvalue weighted by Gasteiger charge is -2.36. The van der Waals surface area contributed by atoms with Crippen LogP contribution < -0.4 is 4.74 Å². The van der Waals surface area contributed by atoms with Gasteiger partial charge >= 0.3 is 0 Å². The molecular formula is C28H31N7O2. The SMILES string of the molecule is Cc1nn(C2CCCN(C3COC3)CC2)cc1-c1cc(O[C@H](C)c2ccccn2)c2c(C#N)cnn2c1. The third kappa shape index (κ3) is 4.59. The van der Waals surface area contributed by atoms with Crippen molar-refractivity contribution in [1.29, 1.82) is 5.26 Å². The highest BCUT2D eigenvalue weighted by molar-refractivity contribution is 5.76. The zero-order chi connectivity index (χ0) is 25.4. The van der Waals surface area contributed by atoms with Crippen molar-refractivity contribution in [3.05, 3.63) is 66.0 Å². The lowest BCUT2D eigenvalue weighted by Crippen LogP contribution is -2.49. The summed E-state index contributed by atoms with van der Waals surface area (Å²) >= 11 is 0. The number of likely N-dealkylation sites (tertiary alicyclic amines) is 1. The maximum Gasteiger partial charge on any atom is 0.148 e. The number of hydrogen-bond acceptors (Lipinski definition) is 7. The van der Waals surface area contributed by atoms with Crippen LogP contribution in [0.3, 0.4) is 0 Å². The molecule has 37 heavy (non-hydrogen) atoms. The molecule has 6 heterocycles. The number of nitriles is 1. The standard InChI is InChI=1S/C28H31N7O2/c1-19-25(16-34(32-19)23-6-5-10-33(11-8-23)24-17-36-18-24)21-12-27(28-22(13-29)14-31-35(28)15-21)37-20(2)26-7-3-4-9-30-26/h3-4,7,9,12,14-16,20,23-24H,5-6,8,10-11,17-18H2,1-2H3/t20-,23?/m1/s1. The van der Waals surface area contributed by atoms with Crippen molar-refractivity contribution >= 4 is 5.52 Å². The molecule has 0 spiro atoms. The smallest absolute Gasteiger partial charge is 0.148 e. The first kappa shape index (κ1) is 23.6. The third-order valence-electron chi connectivity index (χ3n) is 7.58. The second kappa shape index (κ2) is 9.96. The normalized spacial score (nSPS) is 19.8. The van der Waals surface area contributed by atoms with Crippen LogP contribution >= 0.6 is 0 Å². The fourth-order valence-corrected chi connectivity index (χ4v) is 5.39. The summed E-state index contributed by atoms with van der Waals surface area (Å²) in [6, 6.07) is 11.0. The number of hydrogen-bond donors (Lipinski definition) is 0. The summed E-state index contributed by atoms with van der Waals surface area (Å²) in [6.07, 6.45) is 10.5. The van der Waals surface area contributed by atoms with Gasteiger partial charge in [-0.15, -0.1) is 0 Å². The highest BCUT2D eigenvalue weighted by Crippen LogP contribution is 2.35. The number of rotatable bonds is 6. The van der Waals surface area contributed by atoms with E-state index >= 15 is 0 Å². The van der Waals surface area contributed by atoms with Gasteiger partial charge in [0.15, 0.2) is 0 Å². The number of ether oxygens (including phenoxy) is 2. The summed E-state index contributed by atoms with van der Waals surface area (Å²) in [5.41, 5.74) is 4.91. The molecule has 2 saturated heterocycles. The molecule has 0 aromatic carbocycles. The Morgan fingerprint density at radius 2 is 2.05 bits per heavy atom. The van der Waals surface area contributed by atoms with E-state index in [1.807, 2.05) is 44.3 Å². The first-order valence-corrected chi connectivity index (χ1v) is 13.0. The monoisotopic (exact) mass is 497 g/mol. The Balaban J connectivity index is 1.31. The van der Waals surface area contributed by atoms with Crippen LogP contribution in [0.4, 0.5) is 0 Å². The van der Waals surface area contributed by atoms with E-state index in [9.17, 15) is 5.26 Å². The molecule has 0 saturated carbocycles. The molecule has 0 bridgehead atoms. The van der Waals surface area contributed by atoms with E-state index in [2.05, 4.69) is 31.9 Å². The molecule has 2 atom stereocenters. The molecule has 0 aliphatic carbocycles. The van der Waals surface area contributed by atoms with Crippen molar-refractivity contribution in [2.45, 2.75) is 51.3 Å². The van der Waals surface area contributed by atoms with Crippen molar-refractivity contribution in [2.24, 2.45) is 0 Å². The van der Waals surface area contributed by atoms with Gasteiger partial charge in [0.05, 0.1) is 42.9 Å². The molecule has 0 amide bonds. The molecule has 2 fully saturated rings. The van der Waals surface area contributed by atoms with Crippen molar-refractivity contribution in [2.75, 3.05) is 26.3 Å². The molecule has 9 heteroatoms. The van der Waals surface area contributed by atoms with E-state index in [0.717, 1.165) is 68.1 Å². The number of aryl methyl sites for hydroxylation is 1. The summed E-state index contributed by atoms with van der Waals surface area (Å²) in [4.78, 5) is 7.01. The van der Waals surface area contributed by atoms with Gasteiger partial charge in [-0.25, -0.2) is 4.52 Å².